The second kappa shape index (κ2) is 9.59. The molecule has 2 aromatic carbocycles. The highest BCUT2D eigenvalue weighted by atomic mass is 16.7. The minimum absolute atomic E-state index is 0.250. The molecule has 0 unspecified atom stereocenters. The third kappa shape index (κ3) is 5.25. The monoisotopic (exact) mass is 393 g/mol. The fourth-order valence-electron chi connectivity index (χ4n) is 2.94. The van der Waals surface area contributed by atoms with Crippen LogP contribution in [0.3, 0.4) is 0 Å². The molecule has 0 spiro atoms. The quantitative estimate of drug-likeness (QED) is 0.426. The van der Waals surface area contributed by atoms with Crippen LogP contribution in [0.15, 0.2) is 60.7 Å². The first-order chi connectivity index (χ1) is 14.1. The second-order valence-electron chi connectivity index (χ2n) is 6.24. The van der Waals surface area contributed by atoms with Crippen molar-refractivity contribution in [3.8, 4) is 5.88 Å². The number of esters is 1. The number of hydrogen-bond donors (Lipinski definition) is 0. The Labute approximate surface area is 169 Å². The summed E-state index contributed by atoms with van der Waals surface area (Å²) in [6, 6.07) is 17.4. The van der Waals surface area contributed by atoms with E-state index in [4.69, 9.17) is 14.2 Å². The summed E-state index contributed by atoms with van der Waals surface area (Å²) in [5.41, 5.74) is 2.87. The third-order valence-electron chi connectivity index (χ3n) is 4.24. The third-order valence-corrected chi connectivity index (χ3v) is 4.24. The van der Waals surface area contributed by atoms with Crippen LogP contribution in [0.25, 0.3) is 17.0 Å². The second-order valence-corrected chi connectivity index (χ2v) is 6.24. The van der Waals surface area contributed by atoms with Crippen LogP contribution in [0.5, 0.6) is 5.88 Å². The van der Waals surface area contributed by atoms with Crippen LogP contribution in [0.2, 0.25) is 0 Å². The fourth-order valence-corrected chi connectivity index (χ4v) is 2.94. The smallest absolute Gasteiger partial charge is 0.463 e. The van der Waals surface area contributed by atoms with Crippen LogP contribution in [-0.4, -0.2) is 29.9 Å². The molecule has 0 N–H and O–H groups in total. The van der Waals surface area contributed by atoms with Crippen molar-refractivity contribution in [3.05, 3.63) is 71.8 Å². The number of para-hydroxylation sites is 1. The largest absolute Gasteiger partial charge is 0.515 e. The van der Waals surface area contributed by atoms with Gasteiger partial charge >= 0.3 is 12.1 Å². The number of benzene rings is 2. The molecule has 0 saturated carbocycles. The number of carbonyl (C=O) groups is 2. The molecular weight excluding hydrogens is 370 g/mol. The zero-order valence-corrected chi connectivity index (χ0v) is 16.5. The highest BCUT2D eigenvalue weighted by Gasteiger charge is 2.14. The Kier molecular flexibility index (Phi) is 6.68. The SMILES string of the molecule is CCOC(=O)C=Cc1ccc(Cn2c(OC(=O)OCC)cc3ccccc32)cc1. The van der Waals surface area contributed by atoms with Crippen molar-refractivity contribution < 1.29 is 23.8 Å². The summed E-state index contributed by atoms with van der Waals surface area (Å²) in [5, 5.41) is 0.973. The van der Waals surface area contributed by atoms with Gasteiger partial charge in [-0.2, -0.15) is 0 Å². The zero-order valence-electron chi connectivity index (χ0n) is 16.5. The number of carbonyl (C=O) groups excluding carboxylic acids is 2. The van der Waals surface area contributed by atoms with Crippen molar-refractivity contribution in [3.63, 3.8) is 0 Å². The normalized spacial score (nSPS) is 11.0. The molecule has 150 valence electrons. The van der Waals surface area contributed by atoms with E-state index in [1.54, 1.807) is 19.9 Å². The van der Waals surface area contributed by atoms with Gasteiger partial charge in [0.1, 0.15) is 0 Å². The van der Waals surface area contributed by atoms with Gasteiger partial charge in [-0.05, 0) is 37.1 Å². The Bertz CT molecular complexity index is 1020. The first kappa shape index (κ1) is 20.2. The predicted octanol–water partition coefficient (Wildman–Crippen LogP) is 4.80. The summed E-state index contributed by atoms with van der Waals surface area (Å²) in [6.07, 6.45) is 2.39. The van der Waals surface area contributed by atoms with Gasteiger partial charge in [-0.1, -0.05) is 42.5 Å². The molecule has 0 fully saturated rings. The predicted molar refractivity (Wildman–Crippen MR) is 111 cm³/mol. The molecule has 0 radical (unpaired) electrons. The Hall–Kier alpha value is -3.54. The maximum Gasteiger partial charge on any atom is 0.515 e. The molecule has 3 aromatic rings. The molecule has 0 aliphatic heterocycles. The molecule has 0 atom stereocenters. The molecule has 0 aliphatic rings. The van der Waals surface area contributed by atoms with Crippen molar-refractivity contribution in [1.29, 1.82) is 0 Å². The number of rotatable bonds is 7. The summed E-state index contributed by atoms with van der Waals surface area (Å²) < 4.78 is 17.1. The van der Waals surface area contributed by atoms with E-state index in [-0.39, 0.29) is 12.6 Å². The van der Waals surface area contributed by atoms with Crippen LogP contribution >= 0.6 is 0 Å². The highest BCUT2D eigenvalue weighted by molar-refractivity contribution is 5.87. The van der Waals surface area contributed by atoms with E-state index >= 15 is 0 Å². The number of nitrogens with zero attached hydrogens (tertiary/aromatic N) is 1. The molecule has 6 nitrogen and oxygen atoms in total. The topological polar surface area (TPSA) is 66.8 Å². The fraction of sp³-hybridized carbons (Fsp3) is 0.217. The van der Waals surface area contributed by atoms with Crippen molar-refractivity contribution >= 4 is 29.1 Å². The van der Waals surface area contributed by atoms with E-state index in [9.17, 15) is 9.59 Å². The number of ether oxygens (including phenoxy) is 3. The molecule has 6 heteroatoms. The average Bonchev–Trinajstić information content (AvgIpc) is 3.05. The lowest BCUT2D eigenvalue weighted by Gasteiger charge is -2.11. The van der Waals surface area contributed by atoms with E-state index in [0.29, 0.717) is 19.0 Å². The Balaban J connectivity index is 1.82. The minimum atomic E-state index is -0.726. The number of aromatic nitrogens is 1. The molecule has 1 aromatic heterocycles. The molecule has 1 heterocycles. The lowest BCUT2D eigenvalue weighted by Crippen LogP contribution is -2.13. The summed E-state index contributed by atoms with van der Waals surface area (Å²) in [5.74, 6) is 0.0621. The van der Waals surface area contributed by atoms with E-state index in [1.165, 1.54) is 6.08 Å². The van der Waals surface area contributed by atoms with Gasteiger partial charge in [0.2, 0.25) is 5.88 Å². The van der Waals surface area contributed by atoms with Gasteiger partial charge in [0, 0.05) is 17.5 Å². The maximum absolute atomic E-state index is 11.8. The number of hydrogen-bond acceptors (Lipinski definition) is 5. The van der Waals surface area contributed by atoms with E-state index in [2.05, 4.69) is 0 Å². The molecule has 0 bridgehead atoms. The van der Waals surface area contributed by atoms with E-state index < -0.39 is 6.16 Å². The summed E-state index contributed by atoms with van der Waals surface area (Å²) in [4.78, 5) is 23.2. The Morgan fingerprint density at radius 2 is 1.69 bits per heavy atom. The van der Waals surface area contributed by atoms with Crippen molar-refractivity contribution in [2.45, 2.75) is 20.4 Å². The summed E-state index contributed by atoms with van der Waals surface area (Å²) in [6.45, 7) is 4.62. The first-order valence-electron chi connectivity index (χ1n) is 9.47. The molecular formula is C23H23NO5. The van der Waals surface area contributed by atoms with Crippen LogP contribution in [0, 0.1) is 0 Å². The van der Waals surface area contributed by atoms with Crippen molar-refractivity contribution in [2.75, 3.05) is 13.2 Å². The van der Waals surface area contributed by atoms with Gasteiger partial charge in [0.05, 0.1) is 25.3 Å². The first-order valence-corrected chi connectivity index (χ1v) is 9.47. The Morgan fingerprint density at radius 1 is 0.966 bits per heavy atom. The van der Waals surface area contributed by atoms with Crippen molar-refractivity contribution in [1.82, 2.24) is 4.57 Å². The van der Waals surface area contributed by atoms with Crippen LogP contribution in [-0.2, 0) is 20.8 Å². The molecule has 29 heavy (non-hydrogen) atoms. The Morgan fingerprint density at radius 3 is 2.41 bits per heavy atom. The van der Waals surface area contributed by atoms with Crippen LogP contribution in [0.4, 0.5) is 4.79 Å². The van der Waals surface area contributed by atoms with Gasteiger partial charge in [-0.3, -0.25) is 0 Å². The van der Waals surface area contributed by atoms with E-state index in [0.717, 1.165) is 22.0 Å². The molecule has 0 amide bonds. The van der Waals surface area contributed by atoms with Gasteiger partial charge < -0.3 is 18.8 Å². The average molecular weight is 393 g/mol. The van der Waals surface area contributed by atoms with Crippen LogP contribution in [0.1, 0.15) is 25.0 Å². The molecule has 0 saturated heterocycles. The maximum atomic E-state index is 11.8. The minimum Gasteiger partial charge on any atom is -0.463 e. The number of fused-ring (bicyclic) bond motifs is 1. The van der Waals surface area contributed by atoms with Gasteiger partial charge in [-0.25, -0.2) is 9.59 Å². The van der Waals surface area contributed by atoms with Gasteiger partial charge in [-0.15, -0.1) is 0 Å². The van der Waals surface area contributed by atoms with Crippen molar-refractivity contribution in [2.24, 2.45) is 0 Å². The van der Waals surface area contributed by atoms with Gasteiger partial charge in [0.25, 0.3) is 0 Å². The molecule has 0 aliphatic carbocycles. The molecule has 3 rings (SSSR count). The lowest BCUT2D eigenvalue weighted by molar-refractivity contribution is -0.137. The highest BCUT2D eigenvalue weighted by Crippen LogP contribution is 2.27. The van der Waals surface area contributed by atoms with Gasteiger partial charge in [0.15, 0.2) is 0 Å². The van der Waals surface area contributed by atoms with Crippen LogP contribution < -0.4 is 4.74 Å². The summed E-state index contributed by atoms with van der Waals surface area (Å²) in [7, 11) is 0. The summed E-state index contributed by atoms with van der Waals surface area (Å²) >= 11 is 0. The van der Waals surface area contributed by atoms with E-state index in [1.807, 2.05) is 59.2 Å². The zero-order chi connectivity index (χ0) is 20.6. The lowest BCUT2D eigenvalue weighted by atomic mass is 10.1. The standard InChI is InChI=1S/C23H23NO5/c1-3-27-22(25)14-13-17-9-11-18(12-10-17)16-24-20-8-6-5-7-19(20)15-21(24)29-23(26)28-4-2/h5-15H,3-4,16H2,1-2H3.